The maximum atomic E-state index is 4.95. The normalized spacial score (nSPS) is 17.1. The van der Waals surface area contributed by atoms with Crippen molar-refractivity contribution in [2.75, 3.05) is 25.0 Å². The minimum absolute atomic E-state index is 0.102. The van der Waals surface area contributed by atoms with Crippen LogP contribution in [0.3, 0.4) is 0 Å². The zero-order valence-corrected chi connectivity index (χ0v) is 13.5. The second-order valence-corrected chi connectivity index (χ2v) is 6.90. The van der Waals surface area contributed by atoms with Gasteiger partial charge in [-0.2, -0.15) is 0 Å². The number of pyridine rings is 1. The molecule has 3 nitrogen and oxygen atoms in total. The molecule has 0 unspecified atom stereocenters. The molecule has 0 atom stereocenters. The number of anilines is 1. The molecule has 112 valence electrons. The minimum atomic E-state index is 0.102. The van der Waals surface area contributed by atoms with Crippen molar-refractivity contribution in [1.29, 1.82) is 0 Å². The molecular weight excluding hydrogens is 246 g/mol. The summed E-state index contributed by atoms with van der Waals surface area (Å²) in [6.07, 6.45) is 5.31. The Morgan fingerprint density at radius 3 is 2.30 bits per heavy atom. The molecule has 2 heterocycles. The van der Waals surface area contributed by atoms with E-state index in [2.05, 4.69) is 43.1 Å². The number of hydrogen-bond donors (Lipinski definition) is 1. The van der Waals surface area contributed by atoms with E-state index in [9.17, 15) is 0 Å². The average molecular weight is 275 g/mol. The van der Waals surface area contributed by atoms with E-state index in [0.717, 1.165) is 19.6 Å². The maximum absolute atomic E-state index is 4.95. The fourth-order valence-corrected chi connectivity index (χ4v) is 2.72. The summed E-state index contributed by atoms with van der Waals surface area (Å²) in [7, 11) is 2.00. The highest BCUT2D eigenvalue weighted by atomic mass is 15.2. The molecule has 0 aromatic carbocycles. The summed E-state index contributed by atoms with van der Waals surface area (Å²) in [5, 5.41) is 3.26. The molecule has 1 fully saturated rings. The molecule has 1 aromatic rings. The molecule has 1 aliphatic rings. The first-order valence-electron chi connectivity index (χ1n) is 7.92. The van der Waals surface area contributed by atoms with Crippen LogP contribution in [0.15, 0.2) is 12.1 Å². The van der Waals surface area contributed by atoms with Crippen molar-refractivity contribution in [2.45, 2.75) is 58.4 Å². The molecule has 3 heteroatoms. The Kier molecular flexibility index (Phi) is 5.03. The van der Waals surface area contributed by atoms with Crippen molar-refractivity contribution in [1.82, 2.24) is 10.3 Å². The van der Waals surface area contributed by atoms with Crippen LogP contribution in [0.25, 0.3) is 0 Å². The SMILES string of the molecule is CNCc1cc(N2CCCCCC2)nc(C(C)(C)C)c1. The third-order valence-corrected chi connectivity index (χ3v) is 3.95. The predicted molar refractivity (Wildman–Crippen MR) is 86.4 cm³/mol. The Labute approximate surface area is 123 Å². The van der Waals surface area contributed by atoms with E-state index in [1.54, 1.807) is 0 Å². The number of hydrogen-bond acceptors (Lipinski definition) is 3. The summed E-state index contributed by atoms with van der Waals surface area (Å²) >= 11 is 0. The van der Waals surface area contributed by atoms with E-state index in [1.807, 2.05) is 7.05 Å². The quantitative estimate of drug-likeness (QED) is 0.915. The van der Waals surface area contributed by atoms with Crippen molar-refractivity contribution in [3.05, 3.63) is 23.4 Å². The zero-order valence-electron chi connectivity index (χ0n) is 13.5. The highest BCUT2D eigenvalue weighted by Gasteiger charge is 2.19. The third kappa shape index (κ3) is 3.95. The molecule has 0 saturated carbocycles. The van der Waals surface area contributed by atoms with Gasteiger partial charge in [0.1, 0.15) is 5.82 Å². The van der Waals surface area contributed by atoms with E-state index in [1.165, 1.54) is 42.8 Å². The van der Waals surface area contributed by atoms with Crippen LogP contribution < -0.4 is 10.2 Å². The number of nitrogens with zero attached hydrogens (tertiary/aromatic N) is 2. The Hall–Kier alpha value is -1.09. The molecular formula is C17H29N3. The molecule has 1 aromatic heterocycles. The van der Waals surface area contributed by atoms with E-state index in [4.69, 9.17) is 4.98 Å². The number of nitrogens with one attached hydrogen (secondary N) is 1. The lowest BCUT2D eigenvalue weighted by molar-refractivity contribution is 0.565. The topological polar surface area (TPSA) is 28.2 Å². The van der Waals surface area contributed by atoms with Crippen LogP contribution in [-0.4, -0.2) is 25.1 Å². The van der Waals surface area contributed by atoms with Gasteiger partial charge in [0.05, 0.1) is 0 Å². The van der Waals surface area contributed by atoms with E-state index in [0.29, 0.717) is 0 Å². The van der Waals surface area contributed by atoms with Gasteiger partial charge in [-0.1, -0.05) is 33.6 Å². The Bertz CT molecular complexity index is 426. The smallest absolute Gasteiger partial charge is 0.129 e. The molecule has 0 bridgehead atoms. The maximum Gasteiger partial charge on any atom is 0.129 e. The Morgan fingerprint density at radius 2 is 1.75 bits per heavy atom. The number of aromatic nitrogens is 1. The number of rotatable bonds is 3. The molecule has 0 aliphatic carbocycles. The van der Waals surface area contributed by atoms with Gasteiger partial charge in [0, 0.05) is 30.7 Å². The molecule has 20 heavy (non-hydrogen) atoms. The van der Waals surface area contributed by atoms with Crippen molar-refractivity contribution in [3.8, 4) is 0 Å². The standard InChI is InChI=1S/C17H29N3/c1-17(2,3)15-11-14(13-18-4)12-16(19-15)20-9-7-5-6-8-10-20/h11-12,18H,5-10,13H2,1-4H3. The second-order valence-electron chi connectivity index (χ2n) is 6.90. The fourth-order valence-electron chi connectivity index (χ4n) is 2.72. The predicted octanol–water partition coefficient (Wildman–Crippen LogP) is 3.48. The summed E-state index contributed by atoms with van der Waals surface area (Å²) in [5.41, 5.74) is 2.64. The van der Waals surface area contributed by atoms with Crippen LogP contribution >= 0.6 is 0 Å². The highest BCUT2D eigenvalue weighted by molar-refractivity contribution is 5.44. The lowest BCUT2D eigenvalue weighted by atomic mass is 9.90. The van der Waals surface area contributed by atoms with E-state index >= 15 is 0 Å². The van der Waals surface area contributed by atoms with Gasteiger partial charge in [-0.3, -0.25) is 0 Å². The summed E-state index contributed by atoms with van der Waals surface area (Å²) in [6, 6.07) is 4.51. The summed E-state index contributed by atoms with van der Waals surface area (Å²) in [5.74, 6) is 1.17. The molecule has 1 aliphatic heterocycles. The zero-order chi connectivity index (χ0) is 14.6. The van der Waals surface area contributed by atoms with Crippen molar-refractivity contribution >= 4 is 5.82 Å². The minimum Gasteiger partial charge on any atom is -0.357 e. The first-order chi connectivity index (χ1) is 9.50. The van der Waals surface area contributed by atoms with Gasteiger partial charge in [0.15, 0.2) is 0 Å². The lowest BCUT2D eigenvalue weighted by Crippen LogP contribution is -2.27. The van der Waals surface area contributed by atoms with Crippen LogP contribution in [0.4, 0.5) is 5.82 Å². The van der Waals surface area contributed by atoms with Gasteiger partial charge in [0.2, 0.25) is 0 Å². The fraction of sp³-hybridized carbons (Fsp3) is 0.706. The monoisotopic (exact) mass is 275 g/mol. The van der Waals surface area contributed by atoms with Gasteiger partial charge >= 0.3 is 0 Å². The summed E-state index contributed by atoms with van der Waals surface area (Å²) in [6.45, 7) is 9.94. The third-order valence-electron chi connectivity index (χ3n) is 3.95. The van der Waals surface area contributed by atoms with E-state index in [-0.39, 0.29) is 5.41 Å². The van der Waals surface area contributed by atoms with Crippen LogP contribution in [-0.2, 0) is 12.0 Å². The summed E-state index contributed by atoms with van der Waals surface area (Å²) < 4.78 is 0. The molecule has 0 spiro atoms. The van der Waals surface area contributed by atoms with Crippen molar-refractivity contribution < 1.29 is 0 Å². The highest BCUT2D eigenvalue weighted by Crippen LogP contribution is 2.26. The summed E-state index contributed by atoms with van der Waals surface area (Å²) in [4.78, 5) is 7.42. The largest absolute Gasteiger partial charge is 0.357 e. The van der Waals surface area contributed by atoms with Gasteiger partial charge in [-0.25, -0.2) is 4.98 Å². The van der Waals surface area contributed by atoms with Crippen LogP contribution in [0.1, 0.15) is 57.7 Å². The Morgan fingerprint density at radius 1 is 1.10 bits per heavy atom. The molecule has 0 radical (unpaired) electrons. The lowest BCUT2D eigenvalue weighted by Gasteiger charge is -2.26. The molecule has 0 amide bonds. The van der Waals surface area contributed by atoms with Gasteiger partial charge in [-0.05, 0) is 37.6 Å². The first kappa shape index (κ1) is 15.3. The van der Waals surface area contributed by atoms with Crippen LogP contribution in [0.5, 0.6) is 0 Å². The molecule has 2 rings (SSSR count). The van der Waals surface area contributed by atoms with Crippen molar-refractivity contribution in [2.24, 2.45) is 0 Å². The van der Waals surface area contributed by atoms with Crippen LogP contribution in [0.2, 0.25) is 0 Å². The van der Waals surface area contributed by atoms with Crippen molar-refractivity contribution in [3.63, 3.8) is 0 Å². The second kappa shape index (κ2) is 6.57. The van der Waals surface area contributed by atoms with E-state index < -0.39 is 0 Å². The molecule has 1 saturated heterocycles. The van der Waals surface area contributed by atoms with Gasteiger partial charge in [0.25, 0.3) is 0 Å². The molecule has 1 N–H and O–H groups in total. The first-order valence-corrected chi connectivity index (χ1v) is 7.92. The van der Waals surface area contributed by atoms with Gasteiger partial charge < -0.3 is 10.2 Å². The van der Waals surface area contributed by atoms with Gasteiger partial charge in [-0.15, -0.1) is 0 Å². The Balaban J connectivity index is 2.32. The van der Waals surface area contributed by atoms with Crippen LogP contribution in [0, 0.1) is 0 Å². The average Bonchev–Trinajstić information content (AvgIpc) is 2.66.